The normalized spacial score (nSPS) is 32.1. The standard InChI is InChI=1S/C13H25NO2/c1-4-5-12(14)13(15)16-11-7-9(2)6-10(3)8-11/h9-12H,4-8,14H2,1-3H3/t9?,10?,11?,12-/m1/s1. The summed E-state index contributed by atoms with van der Waals surface area (Å²) >= 11 is 0. The van der Waals surface area contributed by atoms with Crippen molar-refractivity contribution in [1.29, 1.82) is 0 Å². The van der Waals surface area contributed by atoms with E-state index in [2.05, 4.69) is 13.8 Å². The van der Waals surface area contributed by atoms with E-state index in [4.69, 9.17) is 10.5 Å². The zero-order chi connectivity index (χ0) is 12.1. The largest absolute Gasteiger partial charge is 0.461 e. The molecule has 0 aromatic carbocycles. The highest BCUT2D eigenvalue weighted by atomic mass is 16.5. The van der Waals surface area contributed by atoms with Gasteiger partial charge in [-0.05, 0) is 37.5 Å². The Labute approximate surface area is 98.7 Å². The van der Waals surface area contributed by atoms with Crippen molar-refractivity contribution in [3.05, 3.63) is 0 Å². The van der Waals surface area contributed by atoms with Crippen molar-refractivity contribution >= 4 is 5.97 Å². The first-order chi connectivity index (χ1) is 7.52. The van der Waals surface area contributed by atoms with Gasteiger partial charge in [-0.25, -0.2) is 0 Å². The molecule has 1 saturated carbocycles. The Hall–Kier alpha value is -0.570. The Bertz CT molecular complexity index is 220. The minimum atomic E-state index is -0.433. The minimum Gasteiger partial charge on any atom is -0.461 e. The van der Waals surface area contributed by atoms with Crippen molar-refractivity contribution in [2.45, 2.75) is 65.0 Å². The van der Waals surface area contributed by atoms with Gasteiger partial charge in [-0.2, -0.15) is 0 Å². The summed E-state index contributed by atoms with van der Waals surface area (Å²) in [6, 6.07) is -0.433. The topological polar surface area (TPSA) is 52.3 Å². The van der Waals surface area contributed by atoms with Crippen LogP contribution in [-0.4, -0.2) is 18.1 Å². The van der Waals surface area contributed by atoms with Crippen LogP contribution in [0.3, 0.4) is 0 Å². The van der Waals surface area contributed by atoms with Crippen LogP contribution in [0.1, 0.15) is 52.9 Å². The molecule has 0 bridgehead atoms. The van der Waals surface area contributed by atoms with Gasteiger partial charge in [0.1, 0.15) is 12.1 Å². The van der Waals surface area contributed by atoms with Gasteiger partial charge in [0.05, 0.1) is 0 Å². The van der Waals surface area contributed by atoms with Gasteiger partial charge in [0.15, 0.2) is 0 Å². The molecule has 0 spiro atoms. The smallest absolute Gasteiger partial charge is 0.323 e. The van der Waals surface area contributed by atoms with E-state index in [1.807, 2.05) is 6.92 Å². The quantitative estimate of drug-likeness (QED) is 0.751. The van der Waals surface area contributed by atoms with Crippen molar-refractivity contribution in [3.63, 3.8) is 0 Å². The predicted octanol–water partition coefficient (Wildman–Crippen LogP) is 2.48. The predicted molar refractivity (Wildman–Crippen MR) is 64.9 cm³/mol. The van der Waals surface area contributed by atoms with E-state index in [1.54, 1.807) is 0 Å². The number of hydrogen-bond donors (Lipinski definition) is 1. The van der Waals surface area contributed by atoms with Crippen molar-refractivity contribution in [3.8, 4) is 0 Å². The molecule has 1 rings (SSSR count). The monoisotopic (exact) mass is 227 g/mol. The molecule has 0 aliphatic heterocycles. The molecule has 94 valence electrons. The Morgan fingerprint density at radius 2 is 1.88 bits per heavy atom. The van der Waals surface area contributed by atoms with Gasteiger partial charge in [-0.3, -0.25) is 4.79 Å². The van der Waals surface area contributed by atoms with E-state index in [1.165, 1.54) is 6.42 Å². The molecule has 2 unspecified atom stereocenters. The molecule has 0 aromatic rings. The van der Waals surface area contributed by atoms with Crippen LogP contribution in [0, 0.1) is 11.8 Å². The molecule has 1 aliphatic carbocycles. The molecule has 0 heterocycles. The molecule has 1 aliphatic rings. The number of esters is 1. The molecule has 2 N–H and O–H groups in total. The van der Waals surface area contributed by atoms with Gasteiger partial charge < -0.3 is 10.5 Å². The molecule has 16 heavy (non-hydrogen) atoms. The lowest BCUT2D eigenvalue weighted by Crippen LogP contribution is -2.37. The van der Waals surface area contributed by atoms with Gasteiger partial charge >= 0.3 is 5.97 Å². The maximum Gasteiger partial charge on any atom is 0.323 e. The molecule has 3 heteroatoms. The molecule has 0 aromatic heterocycles. The third-order valence-electron chi connectivity index (χ3n) is 3.32. The molecule has 0 radical (unpaired) electrons. The van der Waals surface area contributed by atoms with E-state index < -0.39 is 6.04 Å². The fourth-order valence-electron chi connectivity index (χ4n) is 2.65. The van der Waals surface area contributed by atoms with Crippen molar-refractivity contribution in [2.24, 2.45) is 17.6 Å². The lowest BCUT2D eigenvalue weighted by molar-refractivity contribution is -0.153. The Morgan fingerprint density at radius 1 is 1.31 bits per heavy atom. The minimum absolute atomic E-state index is 0.0918. The van der Waals surface area contributed by atoms with E-state index in [-0.39, 0.29) is 12.1 Å². The van der Waals surface area contributed by atoms with Gasteiger partial charge in [-0.1, -0.05) is 27.2 Å². The maximum atomic E-state index is 11.7. The van der Waals surface area contributed by atoms with Gasteiger partial charge in [0.25, 0.3) is 0 Å². The lowest BCUT2D eigenvalue weighted by Gasteiger charge is -2.31. The number of carbonyl (C=O) groups excluding carboxylic acids is 1. The summed E-state index contributed by atoms with van der Waals surface area (Å²) in [5.41, 5.74) is 5.74. The summed E-state index contributed by atoms with van der Waals surface area (Å²) < 4.78 is 5.48. The zero-order valence-electron chi connectivity index (χ0n) is 10.7. The average molecular weight is 227 g/mol. The maximum absolute atomic E-state index is 11.7. The number of nitrogens with two attached hydrogens (primary N) is 1. The first-order valence-electron chi connectivity index (χ1n) is 6.49. The highest BCUT2D eigenvalue weighted by Gasteiger charge is 2.27. The SMILES string of the molecule is CCC[C@@H](N)C(=O)OC1CC(C)CC(C)C1. The summed E-state index contributed by atoms with van der Waals surface area (Å²) in [6.07, 6.45) is 4.97. The highest BCUT2D eigenvalue weighted by molar-refractivity contribution is 5.75. The van der Waals surface area contributed by atoms with Gasteiger partial charge in [0.2, 0.25) is 0 Å². The fourth-order valence-corrected chi connectivity index (χ4v) is 2.65. The molecular formula is C13H25NO2. The van der Waals surface area contributed by atoms with E-state index in [9.17, 15) is 4.79 Å². The molecule has 0 amide bonds. The third kappa shape index (κ3) is 4.12. The molecule has 3 atom stereocenters. The Kier molecular flexibility index (Phi) is 5.26. The molecular weight excluding hydrogens is 202 g/mol. The number of ether oxygens (including phenoxy) is 1. The second-order valence-corrected chi connectivity index (χ2v) is 5.37. The number of hydrogen-bond acceptors (Lipinski definition) is 3. The van der Waals surface area contributed by atoms with Crippen LogP contribution in [0.4, 0.5) is 0 Å². The molecule has 0 saturated heterocycles. The summed E-state index contributed by atoms with van der Waals surface area (Å²) in [7, 11) is 0. The highest BCUT2D eigenvalue weighted by Crippen LogP contribution is 2.30. The van der Waals surface area contributed by atoms with E-state index in [0.717, 1.165) is 25.7 Å². The first-order valence-corrected chi connectivity index (χ1v) is 6.49. The van der Waals surface area contributed by atoms with E-state index in [0.29, 0.717) is 11.8 Å². The molecule has 3 nitrogen and oxygen atoms in total. The summed E-state index contributed by atoms with van der Waals surface area (Å²) in [5.74, 6) is 1.10. The van der Waals surface area contributed by atoms with Gasteiger partial charge in [0, 0.05) is 0 Å². The van der Waals surface area contributed by atoms with Crippen LogP contribution >= 0.6 is 0 Å². The summed E-state index contributed by atoms with van der Waals surface area (Å²) in [6.45, 7) is 6.48. The van der Waals surface area contributed by atoms with Crippen LogP contribution in [0.2, 0.25) is 0 Å². The van der Waals surface area contributed by atoms with Crippen LogP contribution in [0.5, 0.6) is 0 Å². The fraction of sp³-hybridized carbons (Fsp3) is 0.923. The van der Waals surface area contributed by atoms with Crippen LogP contribution in [-0.2, 0) is 9.53 Å². The second-order valence-electron chi connectivity index (χ2n) is 5.37. The summed E-state index contributed by atoms with van der Waals surface area (Å²) in [5, 5.41) is 0. The number of carbonyl (C=O) groups is 1. The average Bonchev–Trinajstić information content (AvgIpc) is 2.16. The first kappa shape index (κ1) is 13.5. The van der Waals surface area contributed by atoms with Crippen LogP contribution < -0.4 is 5.73 Å². The molecule has 1 fully saturated rings. The zero-order valence-corrected chi connectivity index (χ0v) is 10.7. The Morgan fingerprint density at radius 3 is 2.38 bits per heavy atom. The second kappa shape index (κ2) is 6.24. The van der Waals surface area contributed by atoms with E-state index >= 15 is 0 Å². The Balaban J connectivity index is 2.38. The van der Waals surface area contributed by atoms with Crippen LogP contribution in [0.15, 0.2) is 0 Å². The lowest BCUT2D eigenvalue weighted by atomic mass is 9.82. The third-order valence-corrected chi connectivity index (χ3v) is 3.32. The van der Waals surface area contributed by atoms with Crippen LogP contribution in [0.25, 0.3) is 0 Å². The number of rotatable bonds is 4. The van der Waals surface area contributed by atoms with Crippen molar-refractivity contribution in [2.75, 3.05) is 0 Å². The van der Waals surface area contributed by atoms with Crippen molar-refractivity contribution < 1.29 is 9.53 Å². The van der Waals surface area contributed by atoms with Crippen molar-refractivity contribution in [1.82, 2.24) is 0 Å². The summed E-state index contributed by atoms with van der Waals surface area (Å²) in [4.78, 5) is 11.7. The van der Waals surface area contributed by atoms with Gasteiger partial charge in [-0.15, -0.1) is 0 Å².